The van der Waals surface area contributed by atoms with E-state index in [-0.39, 0.29) is 41.2 Å². The minimum atomic E-state index is -0.935. The van der Waals surface area contributed by atoms with Gasteiger partial charge >= 0.3 is 5.97 Å². The summed E-state index contributed by atoms with van der Waals surface area (Å²) in [6.45, 7) is 4.60. The second kappa shape index (κ2) is 4.56. The van der Waals surface area contributed by atoms with Gasteiger partial charge in [-0.15, -0.1) is 0 Å². The molecule has 0 rings (SSSR count). The number of carbonyl (C=O) groups is 1. The fourth-order valence-electron chi connectivity index (χ4n) is 0. The van der Waals surface area contributed by atoms with Crippen LogP contribution in [0.25, 0.3) is 0 Å². The number of hydrogen-bond donors (Lipinski definition) is 1. The van der Waals surface area contributed by atoms with E-state index in [4.69, 9.17) is 5.11 Å². The van der Waals surface area contributed by atoms with Gasteiger partial charge in [0.15, 0.2) is 0 Å². The van der Waals surface area contributed by atoms with Crippen molar-refractivity contribution in [3.05, 3.63) is 12.2 Å². The Morgan fingerprint density at radius 1 is 1.71 bits per heavy atom. The fourth-order valence-corrected chi connectivity index (χ4v) is 0. The third-order valence-corrected chi connectivity index (χ3v) is 0.365. The molecule has 0 aromatic rings. The van der Waals surface area contributed by atoms with Gasteiger partial charge in [0.05, 0.1) is 0 Å². The summed E-state index contributed by atoms with van der Waals surface area (Å²) in [5, 5.41) is 7.89. The first kappa shape index (κ1) is 10.4. The van der Waals surface area contributed by atoms with Crippen LogP contribution in [0.15, 0.2) is 12.2 Å². The van der Waals surface area contributed by atoms with Crippen molar-refractivity contribution in [2.24, 2.45) is 0 Å². The van der Waals surface area contributed by atoms with Crippen molar-refractivity contribution in [3.63, 3.8) is 0 Å². The standard InChI is InChI=1S/C4H6O2.La/c1-3(2)4(5)6;/h1H2,2H3,(H,5,6);. The molecule has 0 aliphatic rings. The summed E-state index contributed by atoms with van der Waals surface area (Å²) >= 11 is 0. The number of carboxylic acids is 1. The predicted molar refractivity (Wildman–Crippen MR) is 22.4 cm³/mol. The van der Waals surface area contributed by atoms with Crippen LogP contribution in [0.4, 0.5) is 0 Å². The molecule has 0 atom stereocenters. The number of carboxylic acid groups (broad SMARTS) is 1. The van der Waals surface area contributed by atoms with Crippen LogP contribution in [0.1, 0.15) is 6.92 Å². The van der Waals surface area contributed by atoms with Crippen molar-refractivity contribution < 1.29 is 45.5 Å². The van der Waals surface area contributed by atoms with Crippen LogP contribution >= 0.6 is 0 Å². The SMILES string of the molecule is C=C(C)C(=O)O.[La]. The largest absolute Gasteiger partial charge is 0.478 e. The summed E-state index contributed by atoms with van der Waals surface area (Å²) < 4.78 is 0. The number of rotatable bonds is 1. The Bertz CT molecular complexity index is 75.7. The first-order valence-corrected chi connectivity index (χ1v) is 1.53. The van der Waals surface area contributed by atoms with Gasteiger partial charge in [0.1, 0.15) is 0 Å². The minimum absolute atomic E-state index is 0. The second-order valence-electron chi connectivity index (χ2n) is 1.09. The smallest absolute Gasteiger partial charge is 0.330 e. The second-order valence-corrected chi connectivity index (χ2v) is 1.09. The van der Waals surface area contributed by atoms with Gasteiger partial charge in [-0.1, -0.05) is 6.58 Å². The third-order valence-electron chi connectivity index (χ3n) is 0.365. The van der Waals surface area contributed by atoms with E-state index in [2.05, 4.69) is 6.58 Å². The number of hydrogen-bond acceptors (Lipinski definition) is 1. The zero-order chi connectivity index (χ0) is 5.15. The molecule has 37 valence electrons. The van der Waals surface area contributed by atoms with E-state index in [9.17, 15) is 4.79 Å². The van der Waals surface area contributed by atoms with E-state index in [1.807, 2.05) is 0 Å². The van der Waals surface area contributed by atoms with Gasteiger partial charge in [-0.2, -0.15) is 0 Å². The zero-order valence-electron chi connectivity index (χ0n) is 4.14. The summed E-state index contributed by atoms with van der Waals surface area (Å²) in [6, 6.07) is 0. The van der Waals surface area contributed by atoms with Crippen molar-refractivity contribution in [1.29, 1.82) is 0 Å². The Kier molecular flexibility index (Phi) is 6.78. The summed E-state index contributed by atoms with van der Waals surface area (Å²) in [4.78, 5) is 9.60. The Labute approximate surface area is 70.2 Å². The van der Waals surface area contributed by atoms with Crippen molar-refractivity contribution in [2.75, 3.05) is 0 Å². The molecular weight excluding hydrogens is 219 g/mol. The van der Waals surface area contributed by atoms with Crippen LogP contribution in [0.2, 0.25) is 0 Å². The molecule has 2 nitrogen and oxygen atoms in total. The molecule has 0 heterocycles. The monoisotopic (exact) mass is 225 g/mol. The maximum absolute atomic E-state index is 9.60. The zero-order valence-corrected chi connectivity index (χ0v) is 7.77. The normalized spacial score (nSPS) is 6.43. The molecule has 0 aromatic heterocycles. The molecular formula is C4H6LaO2. The van der Waals surface area contributed by atoms with E-state index >= 15 is 0 Å². The van der Waals surface area contributed by atoms with Gasteiger partial charge in [-0.3, -0.25) is 0 Å². The van der Waals surface area contributed by atoms with Crippen LogP contribution in [-0.2, 0) is 4.79 Å². The maximum Gasteiger partial charge on any atom is 0.330 e. The van der Waals surface area contributed by atoms with Gasteiger partial charge in [-0.25, -0.2) is 4.79 Å². The molecule has 1 radical (unpaired) electrons. The Hall–Kier alpha value is 0.405. The molecule has 0 unspecified atom stereocenters. The predicted octanol–water partition coefficient (Wildman–Crippen LogP) is 0.647. The molecule has 0 saturated carbocycles. The molecule has 0 aromatic carbocycles. The molecule has 3 heteroatoms. The van der Waals surface area contributed by atoms with Crippen LogP contribution in [0, 0.1) is 35.6 Å². The van der Waals surface area contributed by atoms with E-state index in [0.29, 0.717) is 0 Å². The molecule has 0 fully saturated rings. The molecule has 0 spiro atoms. The van der Waals surface area contributed by atoms with Crippen LogP contribution < -0.4 is 0 Å². The summed E-state index contributed by atoms with van der Waals surface area (Å²) in [6.07, 6.45) is 0. The molecule has 0 aliphatic heterocycles. The van der Waals surface area contributed by atoms with Gasteiger partial charge < -0.3 is 5.11 Å². The van der Waals surface area contributed by atoms with E-state index in [1.54, 1.807) is 0 Å². The quantitative estimate of drug-likeness (QED) is 0.665. The Morgan fingerprint density at radius 3 is 1.86 bits per heavy atom. The van der Waals surface area contributed by atoms with Crippen LogP contribution in [-0.4, -0.2) is 11.1 Å². The first-order chi connectivity index (χ1) is 2.64. The Balaban J connectivity index is 0. The molecule has 0 aliphatic carbocycles. The van der Waals surface area contributed by atoms with Crippen LogP contribution in [0.5, 0.6) is 0 Å². The maximum atomic E-state index is 9.60. The minimum Gasteiger partial charge on any atom is -0.478 e. The molecule has 7 heavy (non-hydrogen) atoms. The van der Waals surface area contributed by atoms with Crippen molar-refractivity contribution in [2.45, 2.75) is 6.92 Å². The van der Waals surface area contributed by atoms with E-state index in [0.717, 1.165) is 0 Å². The van der Waals surface area contributed by atoms with Crippen molar-refractivity contribution >= 4 is 5.97 Å². The van der Waals surface area contributed by atoms with Crippen molar-refractivity contribution in [1.82, 2.24) is 0 Å². The molecule has 0 bridgehead atoms. The summed E-state index contributed by atoms with van der Waals surface area (Å²) in [5.41, 5.74) is 0.176. The van der Waals surface area contributed by atoms with E-state index in [1.165, 1.54) is 6.92 Å². The van der Waals surface area contributed by atoms with Gasteiger partial charge in [0.2, 0.25) is 0 Å². The molecule has 0 saturated heterocycles. The number of aliphatic carboxylic acids is 1. The van der Waals surface area contributed by atoms with Gasteiger partial charge in [0.25, 0.3) is 0 Å². The first-order valence-electron chi connectivity index (χ1n) is 1.53. The van der Waals surface area contributed by atoms with Gasteiger partial charge in [0, 0.05) is 41.2 Å². The third kappa shape index (κ3) is 6.40. The van der Waals surface area contributed by atoms with E-state index < -0.39 is 5.97 Å². The molecule has 1 N–H and O–H groups in total. The average molecular weight is 225 g/mol. The molecule has 0 amide bonds. The van der Waals surface area contributed by atoms with Crippen molar-refractivity contribution in [3.8, 4) is 0 Å². The van der Waals surface area contributed by atoms with Gasteiger partial charge in [-0.05, 0) is 6.92 Å². The summed E-state index contributed by atoms with van der Waals surface area (Å²) in [5.74, 6) is -0.935. The topological polar surface area (TPSA) is 37.3 Å². The van der Waals surface area contributed by atoms with Crippen LogP contribution in [0.3, 0.4) is 0 Å². The fraction of sp³-hybridized carbons (Fsp3) is 0.250. The average Bonchev–Trinajstić information content (AvgIpc) is 1.36. The summed E-state index contributed by atoms with van der Waals surface area (Å²) in [7, 11) is 0. The Morgan fingerprint density at radius 2 is 1.86 bits per heavy atom.